The summed E-state index contributed by atoms with van der Waals surface area (Å²) in [5.41, 5.74) is 6.64. The van der Waals surface area contributed by atoms with Gasteiger partial charge in [0.05, 0.1) is 5.84 Å². The number of nitrogens with zero attached hydrogens (tertiary/aromatic N) is 1. The van der Waals surface area contributed by atoms with Crippen LogP contribution in [0.5, 0.6) is 0 Å². The highest BCUT2D eigenvalue weighted by Gasteiger charge is 2.17. The van der Waals surface area contributed by atoms with E-state index in [1.165, 1.54) is 5.56 Å². The van der Waals surface area contributed by atoms with E-state index in [-0.39, 0.29) is 17.9 Å². The second-order valence-electron chi connectivity index (χ2n) is 4.47. The summed E-state index contributed by atoms with van der Waals surface area (Å²) in [7, 11) is 2.05. The lowest BCUT2D eigenvalue weighted by atomic mass is 10.0. The molecule has 0 aliphatic carbocycles. The minimum atomic E-state index is 0.229. The molecular formula is C13H20ClN3. The van der Waals surface area contributed by atoms with Gasteiger partial charge in [-0.1, -0.05) is 23.7 Å². The van der Waals surface area contributed by atoms with E-state index in [4.69, 9.17) is 22.7 Å². The van der Waals surface area contributed by atoms with Crippen molar-refractivity contribution in [2.45, 2.75) is 32.4 Å². The molecule has 0 amide bonds. The Labute approximate surface area is 108 Å². The number of amidine groups is 1. The first-order valence-electron chi connectivity index (χ1n) is 5.72. The molecular weight excluding hydrogens is 234 g/mol. The highest BCUT2D eigenvalue weighted by molar-refractivity contribution is 6.30. The molecule has 0 bridgehead atoms. The third kappa shape index (κ3) is 4.02. The van der Waals surface area contributed by atoms with Crippen molar-refractivity contribution >= 4 is 17.4 Å². The summed E-state index contributed by atoms with van der Waals surface area (Å²) in [6.45, 7) is 4.22. The lowest BCUT2D eigenvalue weighted by Crippen LogP contribution is -2.34. The maximum absolute atomic E-state index is 7.33. The monoisotopic (exact) mass is 253 g/mol. The van der Waals surface area contributed by atoms with Gasteiger partial charge in [0.2, 0.25) is 0 Å². The number of halogens is 1. The fourth-order valence-electron chi connectivity index (χ4n) is 1.82. The molecule has 3 N–H and O–H groups in total. The minimum Gasteiger partial charge on any atom is -0.388 e. The fraction of sp³-hybridized carbons (Fsp3) is 0.462. The first-order valence-corrected chi connectivity index (χ1v) is 6.10. The summed E-state index contributed by atoms with van der Waals surface area (Å²) in [4.78, 5) is 2.21. The molecule has 2 atom stereocenters. The molecule has 0 fully saturated rings. The van der Waals surface area contributed by atoms with Gasteiger partial charge < -0.3 is 5.73 Å². The smallest absolute Gasteiger partial charge is 0.0920 e. The van der Waals surface area contributed by atoms with E-state index in [2.05, 4.69) is 18.7 Å². The zero-order valence-electron chi connectivity index (χ0n) is 10.6. The van der Waals surface area contributed by atoms with Gasteiger partial charge in [-0.05, 0) is 38.6 Å². The van der Waals surface area contributed by atoms with Crippen molar-refractivity contribution in [3.8, 4) is 0 Å². The van der Waals surface area contributed by atoms with Crippen LogP contribution >= 0.6 is 11.6 Å². The molecule has 94 valence electrons. The molecule has 0 saturated heterocycles. The van der Waals surface area contributed by atoms with E-state index in [9.17, 15) is 0 Å². The predicted octanol–water partition coefficient (Wildman–Crippen LogP) is 3.05. The van der Waals surface area contributed by atoms with Crippen LogP contribution in [0.3, 0.4) is 0 Å². The molecule has 0 aliphatic heterocycles. The van der Waals surface area contributed by atoms with E-state index in [1.807, 2.05) is 31.3 Å². The van der Waals surface area contributed by atoms with Gasteiger partial charge in [-0.25, -0.2) is 0 Å². The maximum atomic E-state index is 7.33. The number of hydrogen-bond acceptors (Lipinski definition) is 2. The van der Waals surface area contributed by atoms with Crippen LogP contribution in [0.25, 0.3) is 0 Å². The summed E-state index contributed by atoms with van der Waals surface area (Å²) in [5, 5.41) is 8.08. The van der Waals surface area contributed by atoms with Gasteiger partial charge in [-0.15, -0.1) is 0 Å². The van der Waals surface area contributed by atoms with Crippen molar-refractivity contribution in [3.63, 3.8) is 0 Å². The first-order chi connectivity index (χ1) is 7.91. The number of rotatable bonds is 5. The van der Waals surface area contributed by atoms with Crippen LogP contribution in [0.2, 0.25) is 5.02 Å². The number of nitrogens with two attached hydrogens (primary N) is 1. The van der Waals surface area contributed by atoms with Crippen molar-refractivity contribution in [1.29, 1.82) is 5.41 Å². The summed E-state index contributed by atoms with van der Waals surface area (Å²) >= 11 is 5.87. The standard InChI is InChI=1S/C13H20ClN3/c1-9(8-13(15)16)17(3)10(2)11-4-6-12(14)7-5-11/h4-7,9-10H,8H2,1-3H3,(H3,15,16). The quantitative estimate of drug-likeness (QED) is 0.626. The van der Waals surface area contributed by atoms with Crippen LogP contribution in [0.4, 0.5) is 0 Å². The van der Waals surface area contributed by atoms with Crippen LogP contribution in [-0.4, -0.2) is 23.8 Å². The Balaban J connectivity index is 2.71. The molecule has 0 aliphatic rings. The fourth-order valence-corrected chi connectivity index (χ4v) is 1.95. The zero-order chi connectivity index (χ0) is 13.0. The Morgan fingerprint density at radius 3 is 2.35 bits per heavy atom. The van der Waals surface area contributed by atoms with Crippen LogP contribution < -0.4 is 5.73 Å². The average molecular weight is 254 g/mol. The molecule has 0 saturated carbocycles. The summed E-state index contributed by atoms with van der Waals surface area (Å²) < 4.78 is 0. The van der Waals surface area contributed by atoms with Crippen molar-refractivity contribution < 1.29 is 0 Å². The Morgan fingerprint density at radius 2 is 1.88 bits per heavy atom. The molecule has 4 heteroatoms. The third-order valence-electron chi connectivity index (χ3n) is 3.17. The van der Waals surface area contributed by atoms with Crippen molar-refractivity contribution in [2.24, 2.45) is 5.73 Å². The van der Waals surface area contributed by atoms with E-state index in [0.717, 1.165) is 5.02 Å². The molecule has 1 rings (SSSR count). The van der Waals surface area contributed by atoms with Crippen molar-refractivity contribution in [2.75, 3.05) is 7.05 Å². The Kier molecular flexibility index (Phi) is 4.97. The Morgan fingerprint density at radius 1 is 1.35 bits per heavy atom. The largest absolute Gasteiger partial charge is 0.388 e. The van der Waals surface area contributed by atoms with Gasteiger partial charge in [0.1, 0.15) is 0 Å². The number of benzene rings is 1. The van der Waals surface area contributed by atoms with Gasteiger partial charge in [0.15, 0.2) is 0 Å². The third-order valence-corrected chi connectivity index (χ3v) is 3.43. The molecule has 0 radical (unpaired) electrons. The van der Waals surface area contributed by atoms with Crippen molar-refractivity contribution in [3.05, 3.63) is 34.9 Å². The van der Waals surface area contributed by atoms with E-state index in [1.54, 1.807) is 0 Å². The molecule has 2 unspecified atom stereocenters. The molecule has 1 aromatic rings. The zero-order valence-corrected chi connectivity index (χ0v) is 11.3. The van der Waals surface area contributed by atoms with E-state index in [0.29, 0.717) is 6.42 Å². The lowest BCUT2D eigenvalue weighted by molar-refractivity contribution is 0.201. The van der Waals surface area contributed by atoms with Gasteiger partial charge in [0.25, 0.3) is 0 Å². The van der Waals surface area contributed by atoms with E-state index >= 15 is 0 Å². The summed E-state index contributed by atoms with van der Waals surface area (Å²) in [6.07, 6.45) is 0.592. The molecule has 0 aromatic heterocycles. The van der Waals surface area contributed by atoms with Crippen LogP contribution in [-0.2, 0) is 0 Å². The van der Waals surface area contributed by atoms with Gasteiger partial charge >= 0.3 is 0 Å². The highest BCUT2D eigenvalue weighted by atomic mass is 35.5. The molecule has 1 aromatic carbocycles. The average Bonchev–Trinajstić information content (AvgIpc) is 2.27. The molecule has 3 nitrogen and oxygen atoms in total. The normalized spacial score (nSPS) is 14.6. The minimum absolute atomic E-state index is 0.229. The Hall–Kier alpha value is -1.06. The maximum Gasteiger partial charge on any atom is 0.0920 e. The highest BCUT2D eigenvalue weighted by Crippen LogP contribution is 2.23. The topological polar surface area (TPSA) is 53.1 Å². The SMILES string of the molecule is CC(CC(=N)N)N(C)C(C)c1ccc(Cl)cc1. The van der Waals surface area contributed by atoms with Gasteiger partial charge in [-0.3, -0.25) is 10.3 Å². The van der Waals surface area contributed by atoms with Crippen LogP contribution in [0, 0.1) is 5.41 Å². The Bertz CT molecular complexity index is 375. The van der Waals surface area contributed by atoms with E-state index < -0.39 is 0 Å². The number of nitrogens with one attached hydrogen (secondary N) is 1. The second-order valence-corrected chi connectivity index (χ2v) is 4.91. The van der Waals surface area contributed by atoms with Gasteiger partial charge in [0, 0.05) is 23.5 Å². The molecule has 0 heterocycles. The first kappa shape index (κ1) is 14.0. The lowest BCUT2D eigenvalue weighted by Gasteiger charge is -2.31. The van der Waals surface area contributed by atoms with Gasteiger partial charge in [-0.2, -0.15) is 0 Å². The molecule has 0 spiro atoms. The van der Waals surface area contributed by atoms with Crippen molar-refractivity contribution in [1.82, 2.24) is 4.90 Å². The second kappa shape index (κ2) is 6.03. The predicted molar refractivity (Wildman–Crippen MR) is 73.6 cm³/mol. The van der Waals surface area contributed by atoms with Crippen LogP contribution in [0.15, 0.2) is 24.3 Å². The van der Waals surface area contributed by atoms with Crippen LogP contribution in [0.1, 0.15) is 31.9 Å². The molecule has 17 heavy (non-hydrogen) atoms. The summed E-state index contributed by atoms with van der Waals surface area (Å²) in [5.74, 6) is 0.229. The summed E-state index contributed by atoms with van der Waals surface area (Å²) in [6, 6.07) is 8.39. The number of hydrogen-bond donors (Lipinski definition) is 2.